The third-order valence-electron chi connectivity index (χ3n) is 10.1. The summed E-state index contributed by atoms with van der Waals surface area (Å²) >= 11 is 1.76. The predicted octanol–water partition coefficient (Wildman–Crippen LogP) is 10.4. The second-order valence-electron chi connectivity index (χ2n) is 13.7. The van der Waals surface area contributed by atoms with E-state index >= 15 is 0 Å². The summed E-state index contributed by atoms with van der Waals surface area (Å²) in [7, 11) is 0. The molecule has 1 aromatic heterocycles. The summed E-state index contributed by atoms with van der Waals surface area (Å²) in [5.74, 6) is -1.40. The van der Waals surface area contributed by atoms with Gasteiger partial charge >= 0.3 is 0 Å². The number of ether oxygens (including phenoxy) is 3. The third-order valence-corrected chi connectivity index (χ3v) is 11.3. The Morgan fingerprint density at radius 2 is 1.29 bits per heavy atom. The normalized spacial score (nSPS) is 17.6. The number of rotatable bonds is 15. The molecule has 5 aromatic carbocycles. The molecule has 1 fully saturated rings. The zero-order chi connectivity index (χ0) is 35.6. The lowest BCUT2D eigenvalue weighted by Gasteiger charge is -2.38. The highest BCUT2D eigenvalue weighted by atomic mass is 32.1. The zero-order valence-corrected chi connectivity index (χ0v) is 30.8. The smallest absolute Gasteiger partial charge is 0.193 e. The van der Waals surface area contributed by atoms with Crippen molar-refractivity contribution in [1.29, 1.82) is 0 Å². The molecule has 6 aromatic rings. The van der Waals surface area contributed by atoms with Crippen molar-refractivity contribution in [3.63, 3.8) is 0 Å². The van der Waals surface area contributed by atoms with Crippen molar-refractivity contribution in [2.75, 3.05) is 13.2 Å². The minimum absolute atomic E-state index is 0.196. The fraction of sp³-hybridized carbons (Fsp3) is 0.277. The van der Waals surface area contributed by atoms with Crippen LogP contribution in [-0.4, -0.2) is 24.4 Å². The molecule has 2 atom stereocenters. The number of aryl methyl sites for hydroxylation is 1. The molecule has 52 heavy (non-hydrogen) atoms. The Labute approximate surface area is 312 Å². The highest BCUT2D eigenvalue weighted by Gasteiger charge is 2.41. The highest BCUT2D eigenvalue weighted by Crippen LogP contribution is 2.43. The van der Waals surface area contributed by atoms with Crippen LogP contribution >= 0.6 is 11.3 Å². The van der Waals surface area contributed by atoms with Crippen LogP contribution in [0.4, 0.5) is 0 Å². The van der Waals surface area contributed by atoms with Crippen LogP contribution in [0.2, 0.25) is 0 Å². The lowest BCUT2D eigenvalue weighted by molar-refractivity contribution is -0.271. The number of aliphatic hydroxyl groups is 1. The Morgan fingerprint density at radius 1 is 0.731 bits per heavy atom. The van der Waals surface area contributed by atoms with E-state index in [0.29, 0.717) is 32.7 Å². The topological polar surface area (TPSA) is 47.9 Å². The van der Waals surface area contributed by atoms with Crippen molar-refractivity contribution >= 4 is 11.3 Å². The molecular formula is C47H48O4S. The molecule has 0 bridgehead atoms. The third kappa shape index (κ3) is 8.31. The summed E-state index contributed by atoms with van der Waals surface area (Å²) in [6, 6.07) is 52.7. The molecule has 0 spiro atoms. The van der Waals surface area contributed by atoms with E-state index in [0.717, 1.165) is 58.4 Å². The van der Waals surface area contributed by atoms with Crippen molar-refractivity contribution in [2.45, 2.75) is 69.5 Å². The summed E-state index contributed by atoms with van der Waals surface area (Å²) in [5, 5.41) is 12.3. The van der Waals surface area contributed by atoms with Crippen LogP contribution in [-0.2, 0) is 51.5 Å². The molecule has 0 saturated carbocycles. The first-order valence-corrected chi connectivity index (χ1v) is 19.4. The van der Waals surface area contributed by atoms with E-state index in [2.05, 4.69) is 122 Å². The van der Waals surface area contributed by atoms with Crippen molar-refractivity contribution in [2.24, 2.45) is 0 Å². The van der Waals surface area contributed by atoms with Crippen molar-refractivity contribution in [3.05, 3.63) is 200 Å². The van der Waals surface area contributed by atoms with Gasteiger partial charge in [0.2, 0.25) is 0 Å². The minimum Gasteiger partial charge on any atom is -0.374 e. The van der Waals surface area contributed by atoms with Crippen LogP contribution < -0.4 is 0 Å². The Bertz CT molecular complexity index is 1860. The quantitative estimate of drug-likeness (QED) is 0.108. The molecule has 7 rings (SSSR count). The second-order valence-corrected chi connectivity index (χ2v) is 14.9. The van der Waals surface area contributed by atoms with Gasteiger partial charge in [-0.05, 0) is 58.7 Å². The lowest BCUT2D eigenvalue weighted by Crippen LogP contribution is -2.40. The molecule has 2 heterocycles. The molecule has 1 N–H and O–H groups in total. The van der Waals surface area contributed by atoms with E-state index in [1.807, 2.05) is 36.4 Å². The summed E-state index contributed by atoms with van der Waals surface area (Å²) in [6.07, 6.45) is 4.50. The second kappa shape index (κ2) is 17.0. The highest BCUT2D eigenvalue weighted by molar-refractivity contribution is 7.12. The number of hydrogen-bond donors (Lipinski definition) is 1. The monoisotopic (exact) mass is 708 g/mol. The Morgan fingerprint density at radius 3 is 1.87 bits per heavy atom. The van der Waals surface area contributed by atoms with E-state index in [1.165, 1.54) is 16.0 Å². The molecule has 2 unspecified atom stereocenters. The molecule has 5 heteroatoms. The van der Waals surface area contributed by atoms with Gasteiger partial charge in [-0.2, -0.15) is 0 Å². The molecule has 0 aliphatic carbocycles. The molecule has 0 amide bonds. The van der Waals surface area contributed by atoms with Gasteiger partial charge in [0.05, 0.1) is 25.9 Å². The van der Waals surface area contributed by atoms with E-state index in [9.17, 15) is 5.11 Å². The molecule has 1 aliphatic heterocycles. The fourth-order valence-corrected chi connectivity index (χ4v) is 8.65. The first-order chi connectivity index (χ1) is 25.6. The maximum atomic E-state index is 12.3. The Balaban J connectivity index is 1.18. The van der Waals surface area contributed by atoms with Crippen molar-refractivity contribution in [1.82, 2.24) is 0 Å². The lowest BCUT2D eigenvalue weighted by atomic mass is 9.80. The van der Waals surface area contributed by atoms with Gasteiger partial charge in [-0.25, -0.2) is 0 Å². The number of benzene rings is 5. The van der Waals surface area contributed by atoms with Gasteiger partial charge in [-0.15, -0.1) is 11.3 Å². The summed E-state index contributed by atoms with van der Waals surface area (Å²) in [4.78, 5) is 2.30. The van der Waals surface area contributed by atoms with E-state index in [1.54, 1.807) is 11.3 Å². The van der Waals surface area contributed by atoms with Crippen molar-refractivity contribution in [3.8, 4) is 0 Å². The number of hydrogen-bond acceptors (Lipinski definition) is 5. The SMILES string of the molecule is CCc1ccc(Cc2cc(C3(O)CCCC(COCc4ccccc4)O3)c(CCOC(c3ccccc3)(c3ccccc3)c3ccccc3)s2)cc1. The van der Waals surface area contributed by atoms with Gasteiger partial charge in [0.15, 0.2) is 5.79 Å². The Kier molecular flexibility index (Phi) is 11.8. The predicted molar refractivity (Wildman–Crippen MR) is 211 cm³/mol. The fourth-order valence-electron chi connectivity index (χ4n) is 7.41. The van der Waals surface area contributed by atoms with Crippen LogP contribution in [0.3, 0.4) is 0 Å². The summed E-state index contributed by atoms with van der Waals surface area (Å²) in [6.45, 7) is 3.58. The van der Waals surface area contributed by atoms with Crippen LogP contribution in [0.25, 0.3) is 0 Å². The molecule has 1 saturated heterocycles. The summed E-state index contributed by atoms with van der Waals surface area (Å²) in [5.41, 5.74) is 6.98. The van der Waals surface area contributed by atoms with Crippen LogP contribution in [0.5, 0.6) is 0 Å². The molecular weight excluding hydrogens is 661 g/mol. The van der Waals surface area contributed by atoms with Gasteiger partial charge in [0.1, 0.15) is 5.60 Å². The average molecular weight is 709 g/mol. The molecule has 1 aliphatic rings. The van der Waals surface area contributed by atoms with Gasteiger partial charge < -0.3 is 19.3 Å². The van der Waals surface area contributed by atoms with Crippen LogP contribution in [0, 0.1) is 0 Å². The first-order valence-electron chi connectivity index (χ1n) is 18.6. The van der Waals surface area contributed by atoms with Gasteiger partial charge in [-0.3, -0.25) is 0 Å². The van der Waals surface area contributed by atoms with E-state index in [-0.39, 0.29) is 6.10 Å². The maximum Gasteiger partial charge on any atom is 0.193 e. The first kappa shape index (κ1) is 36.0. The Hall–Kier alpha value is -4.36. The van der Waals surface area contributed by atoms with E-state index < -0.39 is 11.4 Å². The standard InChI is InChI=1S/C47H48O4S/c1-2-36-25-27-37(28-26-36)32-43-33-44(46(48)30-15-24-42(51-46)35-49-34-38-16-7-3-8-17-38)45(52-43)29-31-50-47(39-18-9-4-10-19-39,40-20-11-5-12-21-40)41-22-13-6-14-23-41/h3-14,16-23,25-28,33,42,48H,2,15,24,29-32,34-35H2,1H3. The molecule has 4 nitrogen and oxygen atoms in total. The molecule has 0 radical (unpaired) electrons. The molecule has 266 valence electrons. The van der Waals surface area contributed by atoms with Gasteiger partial charge in [0, 0.05) is 34.6 Å². The average Bonchev–Trinajstić information content (AvgIpc) is 3.61. The zero-order valence-electron chi connectivity index (χ0n) is 30.0. The summed E-state index contributed by atoms with van der Waals surface area (Å²) < 4.78 is 19.9. The van der Waals surface area contributed by atoms with Crippen LogP contribution in [0.15, 0.2) is 152 Å². The maximum absolute atomic E-state index is 12.3. The minimum atomic E-state index is -1.40. The van der Waals surface area contributed by atoms with Gasteiger partial charge in [-0.1, -0.05) is 153 Å². The number of thiophene rings is 1. The van der Waals surface area contributed by atoms with Gasteiger partial charge in [0.25, 0.3) is 0 Å². The van der Waals surface area contributed by atoms with E-state index in [4.69, 9.17) is 14.2 Å². The van der Waals surface area contributed by atoms with Crippen LogP contribution in [0.1, 0.15) is 74.9 Å². The van der Waals surface area contributed by atoms with Crippen molar-refractivity contribution < 1.29 is 19.3 Å². The largest absolute Gasteiger partial charge is 0.374 e.